The van der Waals surface area contributed by atoms with E-state index < -0.39 is 0 Å². The highest BCUT2D eigenvalue weighted by molar-refractivity contribution is 5.95. The average Bonchev–Trinajstić information content (AvgIpc) is 2.99. The summed E-state index contributed by atoms with van der Waals surface area (Å²) in [6.07, 6.45) is 2.60. The molecule has 0 aromatic heterocycles. The third kappa shape index (κ3) is 3.88. The predicted molar refractivity (Wildman–Crippen MR) is 87.6 cm³/mol. The van der Waals surface area contributed by atoms with Crippen LogP contribution < -0.4 is 11.1 Å². The van der Waals surface area contributed by atoms with Crippen molar-refractivity contribution in [3.8, 4) is 0 Å². The fourth-order valence-electron chi connectivity index (χ4n) is 2.68. The first-order valence-corrected chi connectivity index (χ1v) is 7.58. The lowest BCUT2D eigenvalue weighted by Crippen LogP contribution is -2.35. The number of nitrogen functional groups attached to an aromatic ring is 1. The van der Waals surface area contributed by atoms with Crippen LogP contribution in [0.4, 0.5) is 11.4 Å². The van der Waals surface area contributed by atoms with Crippen molar-refractivity contribution in [1.82, 2.24) is 9.80 Å². The van der Waals surface area contributed by atoms with E-state index in [0.717, 1.165) is 12.2 Å². The standard InChI is InChI=1S/C16H26N4O/c1-12(20-8-4-5-9-20)11-18-15-7-6-13(10-14(15)17)16(21)19(2)3/h6-7,10,12,18H,4-5,8-9,11,17H2,1-3H3. The average molecular weight is 290 g/mol. The van der Waals surface area contributed by atoms with Gasteiger partial charge in [-0.05, 0) is 51.1 Å². The number of nitrogens with two attached hydrogens (primary N) is 1. The van der Waals surface area contributed by atoms with E-state index in [0.29, 0.717) is 17.3 Å². The van der Waals surface area contributed by atoms with E-state index in [9.17, 15) is 4.79 Å². The molecule has 1 aromatic rings. The lowest BCUT2D eigenvalue weighted by Gasteiger charge is -2.24. The third-order valence-corrected chi connectivity index (χ3v) is 4.06. The van der Waals surface area contributed by atoms with E-state index in [-0.39, 0.29) is 5.91 Å². The Morgan fingerprint density at radius 2 is 2.05 bits per heavy atom. The zero-order valence-corrected chi connectivity index (χ0v) is 13.2. The van der Waals surface area contributed by atoms with Crippen molar-refractivity contribution >= 4 is 17.3 Å². The van der Waals surface area contributed by atoms with Gasteiger partial charge in [0.1, 0.15) is 0 Å². The van der Waals surface area contributed by atoms with Crippen molar-refractivity contribution in [1.29, 1.82) is 0 Å². The number of hydrogen-bond acceptors (Lipinski definition) is 4. The summed E-state index contributed by atoms with van der Waals surface area (Å²) < 4.78 is 0. The number of hydrogen-bond donors (Lipinski definition) is 2. The zero-order chi connectivity index (χ0) is 15.4. The molecule has 0 radical (unpaired) electrons. The first kappa shape index (κ1) is 15.6. The van der Waals surface area contributed by atoms with Crippen molar-refractivity contribution in [3.05, 3.63) is 23.8 Å². The monoisotopic (exact) mass is 290 g/mol. The van der Waals surface area contributed by atoms with Crippen molar-refractivity contribution in [2.45, 2.75) is 25.8 Å². The summed E-state index contributed by atoms with van der Waals surface area (Å²) >= 11 is 0. The lowest BCUT2D eigenvalue weighted by atomic mass is 10.1. The Labute approximate surface area is 127 Å². The van der Waals surface area contributed by atoms with Crippen LogP contribution in [0.5, 0.6) is 0 Å². The maximum absolute atomic E-state index is 11.9. The summed E-state index contributed by atoms with van der Waals surface area (Å²) in [5.74, 6) is -0.0290. The van der Waals surface area contributed by atoms with Crippen LogP contribution in [0, 0.1) is 0 Å². The maximum atomic E-state index is 11.9. The second-order valence-corrected chi connectivity index (χ2v) is 5.97. The third-order valence-electron chi connectivity index (χ3n) is 4.06. The number of rotatable bonds is 5. The van der Waals surface area contributed by atoms with Crippen LogP contribution >= 0.6 is 0 Å². The van der Waals surface area contributed by atoms with Gasteiger partial charge < -0.3 is 16.0 Å². The SMILES string of the molecule is CC(CNc1ccc(C(=O)N(C)C)cc1N)N1CCCC1. The normalized spacial score (nSPS) is 16.7. The smallest absolute Gasteiger partial charge is 0.253 e. The largest absolute Gasteiger partial charge is 0.397 e. The van der Waals surface area contributed by atoms with E-state index in [2.05, 4.69) is 17.1 Å². The molecule has 2 rings (SSSR count). The Kier molecular flexibility index (Phi) is 5.07. The first-order chi connectivity index (χ1) is 9.99. The second kappa shape index (κ2) is 6.80. The number of carbonyl (C=O) groups is 1. The predicted octanol–water partition coefficient (Wildman–Crippen LogP) is 1.87. The molecule has 1 amide bonds. The van der Waals surface area contributed by atoms with Gasteiger partial charge in [0, 0.05) is 32.2 Å². The van der Waals surface area contributed by atoms with Crippen LogP contribution in [0.2, 0.25) is 0 Å². The Bertz CT molecular complexity index is 495. The zero-order valence-electron chi connectivity index (χ0n) is 13.2. The summed E-state index contributed by atoms with van der Waals surface area (Å²) in [5.41, 5.74) is 8.19. The minimum absolute atomic E-state index is 0.0290. The van der Waals surface area contributed by atoms with Crippen molar-refractivity contribution in [2.75, 3.05) is 44.8 Å². The maximum Gasteiger partial charge on any atom is 0.253 e. The lowest BCUT2D eigenvalue weighted by molar-refractivity contribution is 0.0827. The Balaban J connectivity index is 1.96. The number of nitrogens with one attached hydrogen (secondary N) is 1. The van der Waals surface area contributed by atoms with E-state index in [1.165, 1.54) is 25.9 Å². The molecule has 116 valence electrons. The molecule has 0 saturated carbocycles. The summed E-state index contributed by atoms with van der Waals surface area (Å²) in [7, 11) is 3.48. The fourth-order valence-corrected chi connectivity index (χ4v) is 2.68. The summed E-state index contributed by atoms with van der Waals surface area (Å²) in [6, 6.07) is 5.95. The molecular weight excluding hydrogens is 264 g/mol. The van der Waals surface area contributed by atoms with E-state index in [4.69, 9.17) is 5.73 Å². The highest BCUT2D eigenvalue weighted by Gasteiger charge is 2.18. The molecular formula is C16H26N4O. The van der Waals surface area contributed by atoms with Crippen LogP contribution in [-0.4, -0.2) is 55.5 Å². The van der Waals surface area contributed by atoms with Gasteiger partial charge in [0.25, 0.3) is 5.91 Å². The quantitative estimate of drug-likeness (QED) is 0.813. The summed E-state index contributed by atoms with van der Waals surface area (Å²) in [4.78, 5) is 15.9. The molecule has 1 aliphatic rings. The molecule has 1 aliphatic heterocycles. The number of benzene rings is 1. The number of anilines is 2. The van der Waals surface area contributed by atoms with Gasteiger partial charge in [-0.3, -0.25) is 9.69 Å². The highest BCUT2D eigenvalue weighted by Crippen LogP contribution is 2.21. The first-order valence-electron chi connectivity index (χ1n) is 7.58. The number of carbonyl (C=O) groups excluding carboxylic acids is 1. The van der Waals surface area contributed by atoms with E-state index >= 15 is 0 Å². The molecule has 21 heavy (non-hydrogen) atoms. The molecule has 1 aromatic carbocycles. The Morgan fingerprint density at radius 3 is 2.62 bits per heavy atom. The van der Waals surface area contributed by atoms with Crippen LogP contribution in [0.25, 0.3) is 0 Å². The molecule has 0 bridgehead atoms. The van der Waals surface area contributed by atoms with Crippen molar-refractivity contribution in [3.63, 3.8) is 0 Å². The van der Waals surface area contributed by atoms with Gasteiger partial charge in [0.15, 0.2) is 0 Å². The molecule has 0 spiro atoms. The van der Waals surface area contributed by atoms with Crippen LogP contribution in [0.1, 0.15) is 30.1 Å². The number of amides is 1. The van der Waals surface area contributed by atoms with Crippen LogP contribution in [0.15, 0.2) is 18.2 Å². The van der Waals surface area contributed by atoms with E-state index in [1.807, 2.05) is 12.1 Å². The minimum Gasteiger partial charge on any atom is -0.397 e. The molecule has 0 aliphatic carbocycles. The van der Waals surface area contributed by atoms with E-state index in [1.54, 1.807) is 25.1 Å². The Morgan fingerprint density at radius 1 is 1.38 bits per heavy atom. The molecule has 5 heteroatoms. The fraction of sp³-hybridized carbons (Fsp3) is 0.562. The summed E-state index contributed by atoms with van der Waals surface area (Å²) in [5, 5.41) is 3.39. The molecule has 5 nitrogen and oxygen atoms in total. The molecule has 1 unspecified atom stereocenters. The van der Waals surface area contributed by atoms with Gasteiger partial charge in [-0.25, -0.2) is 0 Å². The van der Waals surface area contributed by atoms with Gasteiger partial charge in [0.05, 0.1) is 11.4 Å². The van der Waals surface area contributed by atoms with Crippen molar-refractivity contribution < 1.29 is 4.79 Å². The van der Waals surface area contributed by atoms with Gasteiger partial charge >= 0.3 is 0 Å². The highest BCUT2D eigenvalue weighted by atomic mass is 16.2. The molecule has 1 fully saturated rings. The van der Waals surface area contributed by atoms with Gasteiger partial charge in [-0.15, -0.1) is 0 Å². The molecule has 1 atom stereocenters. The van der Waals surface area contributed by atoms with Gasteiger partial charge in [0.2, 0.25) is 0 Å². The molecule has 1 saturated heterocycles. The topological polar surface area (TPSA) is 61.6 Å². The minimum atomic E-state index is -0.0290. The van der Waals surface area contributed by atoms with Crippen LogP contribution in [0.3, 0.4) is 0 Å². The Hall–Kier alpha value is -1.75. The molecule has 3 N–H and O–H groups in total. The number of likely N-dealkylation sites (tertiary alicyclic amines) is 1. The van der Waals surface area contributed by atoms with Crippen molar-refractivity contribution in [2.24, 2.45) is 0 Å². The molecule has 1 heterocycles. The number of nitrogens with zero attached hydrogens (tertiary/aromatic N) is 2. The second-order valence-electron chi connectivity index (χ2n) is 5.97. The summed E-state index contributed by atoms with van der Waals surface area (Å²) in [6.45, 7) is 5.48. The van der Waals surface area contributed by atoms with Crippen LogP contribution in [-0.2, 0) is 0 Å². The van der Waals surface area contributed by atoms with Gasteiger partial charge in [-0.1, -0.05) is 0 Å². The van der Waals surface area contributed by atoms with Gasteiger partial charge in [-0.2, -0.15) is 0 Å².